The minimum Gasteiger partial charge on any atom is -0.394 e. The Morgan fingerprint density at radius 1 is 1.12 bits per heavy atom. The largest absolute Gasteiger partial charge is 0.394 e. The van der Waals surface area contributed by atoms with Crippen molar-refractivity contribution >= 4 is 0 Å². The molecule has 2 saturated heterocycles. The molecule has 0 bridgehead atoms. The second kappa shape index (κ2) is 8.33. The molecule has 0 amide bonds. The van der Waals surface area contributed by atoms with E-state index in [0.29, 0.717) is 12.6 Å². The highest BCUT2D eigenvalue weighted by atomic mass is 16.5. The number of nitrogens with zero attached hydrogens (tertiary/aromatic N) is 1. The van der Waals surface area contributed by atoms with E-state index in [2.05, 4.69) is 34.5 Å². The first kappa shape index (κ1) is 18.3. The number of rotatable bonds is 5. The van der Waals surface area contributed by atoms with E-state index in [0.717, 1.165) is 45.6 Å². The van der Waals surface area contributed by atoms with Gasteiger partial charge in [0.2, 0.25) is 0 Å². The summed E-state index contributed by atoms with van der Waals surface area (Å²) in [5, 5.41) is 24.0. The molecule has 3 heterocycles. The summed E-state index contributed by atoms with van der Waals surface area (Å²) in [5.41, 5.74) is 2.72. The van der Waals surface area contributed by atoms with Crippen molar-refractivity contribution in [2.45, 2.75) is 56.2 Å². The Bertz CT molecular complexity index is 593. The number of hydrogen-bond acceptors (Lipinski definition) is 6. The summed E-state index contributed by atoms with van der Waals surface area (Å²) < 4.78 is 11.5. The fraction of sp³-hybridized carbons (Fsp3) is 0.700. The highest BCUT2D eigenvalue weighted by Crippen LogP contribution is 2.30. The number of ether oxygens (including phenoxy) is 2. The predicted molar refractivity (Wildman–Crippen MR) is 97.9 cm³/mol. The molecule has 3 aliphatic heterocycles. The molecule has 6 nitrogen and oxygen atoms in total. The van der Waals surface area contributed by atoms with E-state index < -0.39 is 12.2 Å². The second-order valence-corrected chi connectivity index (χ2v) is 7.66. The Labute approximate surface area is 155 Å². The Morgan fingerprint density at radius 3 is 2.65 bits per heavy atom. The number of aliphatic hydroxyl groups excluding tert-OH is 2. The van der Waals surface area contributed by atoms with Gasteiger partial charge in [0.1, 0.15) is 12.2 Å². The molecule has 0 spiro atoms. The third-order valence-electron chi connectivity index (χ3n) is 6.05. The first-order chi connectivity index (χ1) is 12.8. The molecular formula is C20H30N2O4. The van der Waals surface area contributed by atoms with Crippen molar-refractivity contribution in [3.8, 4) is 0 Å². The Hall–Kier alpha value is -1.02. The summed E-state index contributed by atoms with van der Waals surface area (Å²) >= 11 is 0. The van der Waals surface area contributed by atoms with Crippen LogP contribution in [-0.2, 0) is 22.4 Å². The maximum Gasteiger partial charge on any atom is 0.109 e. The first-order valence-corrected chi connectivity index (χ1v) is 9.82. The highest BCUT2D eigenvalue weighted by molar-refractivity contribution is 5.29. The fourth-order valence-corrected chi connectivity index (χ4v) is 4.55. The van der Waals surface area contributed by atoms with Gasteiger partial charge in [0.15, 0.2) is 0 Å². The Morgan fingerprint density at radius 2 is 1.88 bits per heavy atom. The molecule has 0 unspecified atom stereocenters. The molecule has 144 valence electrons. The molecule has 2 fully saturated rings. The van der Waals surface area contributed by atoms with Gasteiger partial charge in [-0.05, 0) is 30.4 Å². The van der Waals surface area contributed by atoms with Crippen LogP contribution in [0.1, 0.15) is 24.0 Å². The van der Waals surface area contributed by atoms with Gasteiger partial charge in [0.05, 0.1) is 18.8 Å². The fourth-order valence-electron chi connectivity index (χ4n) is 4.55. The average molecular weight is 362 g/mol. The molecule has 4 atom stereocenters. The van der Waals surface area contributed by atoms with Crippen LogP contribution in [0, 0.1) is 0 Å². The molecule has 1 aromatic rings. The predicted octanol–water partition coefficient (Wildman–Crippen LogP) is 0.303. The number of fused-ring (bicyclic) bond motifs is 1. The third kappa shape index (κ3) is 3.81. The van der Waals surface area contributed by atoms with Crippen LogP contribution >= 0.6 is 0 Å². The van der Waals surface area contributed by atoms with Crippen LogP contribution in [0.2, 0.25) is 0 Å². The van der Waals surface area contributed by atoms with Crippen molar-refractivity contribution in [1.82, 2.24) is 10.2 Å². The zero-order chi connectivity index (χ0) is 17.9. The Balaban J connectivity index is 1.44. The molecule has 0 radical (unpaired) electrons. The molecule has 0 saturated carbocycles. The van der Waals surface area contributed by atoms with E-state index in [1.165, 1.54) is 11.1 Å². The number of nitrogens with one attached hydrogen (secondary N) is 1. The smallest absolute Gasteiger partial charge is 0.109 e. The highest BCUT2D eigenvalue weighted by Gasteiger charge is 2.46. The van der Waals surface area contributed by atoms with Crippen molar-refractivity contribution in [2.75, 3.05) is 32.9 Å². The number of aliphatic hydroxyl groups is 2. The van der Waals surface area contributed by atoms with Gasteiger partial charge in [-0.2, -0.15) is 0 Å². The topological polar surface area (TPSA) is 74.2 Å². The van der Waals surface area contributed by atoms with E-state index in [1.807, 2.05) is 0 Å². The van der Waals surface area contributed by atoms with Crippen LogP contribution in [0.15, 0.2) is 24.3 Å². The summed E-state index contributed by atoms with van der Waals surface area (Å²) in [5.74, 6) is 0. The van der Waals surface area contributed by atoms with Crippen LogP contribution < -0.4 is 5.32 Å². The molecule has 3 N–H and O–H groups in total. The van der Waals surface area contributed by atoms with Crippen LogP contribution in [0.3, 0.4) is 0 Å². The minimum atomic E-state index is -0.660. The molecule has 26 heavy (non-hydrogen) atoms. The first-order valence-electron chi connectivity index (χ1n) is 9.82. The maximum absolute atomic E-state index is 10.8. The van der Waals surface area contributed by atoms with Crippen LogP contribution in [0.5, 0.6) is 0 Å². The van der Waals surface area contributed by atoms with Gasteiger partial charge in [-0.3, -0.25) is 4.90 Å². The molecule has 4 rings (SSSR count). The standard InChI is InChI=1S/C20H30N2O4/c23-13-18-20(24)19(17(26-18)11-21-16-6-9-25-10-7-16)22-8-5-14-3-1-2-4-15(14)12-22/h1-4,16-21,23-24H,5-13H2/t17-,18+,19+,20-/m1/s1. The van der Waals surface area contributed by atoms with E-state index in [-0.39, 0.29) is 18.8 Å². The van der Waals surface area contributed by atoms with Gasteiger partial charge in [-0.15, -0.1) is 0 Å². The van der Waals surface area contributed by atoms with Crippen LogP contribution in [0.4, 0.5) is 0 Å². The third-order valence-corrected chi connectivity index (χ3v) is 6.05. The summed E-state index contributed by atoms with van der Waals surface area (Å²) in [7, 11) is 0. The lowest BCUT2D eigenvalue weighted by Crippen LogP contribution is -2.53. The minimum absolute atomic E-state index is 0.0900. The Kier molecular flexibility index (Phi) is 5.88. The number of hydrogen-bond donors (Lipinski definition) is 3. The maximum atomic E-state index is 10.8. The van der Waals surface area contributed by atoms with Crippen molar-refractivity contribution in [2.24, 2.45) is 0 Å². The lowest BCUT2D eigenvalue weighted by molar-refractivity contribution is -0.0229. The summed E-state index contributed by atoms with van der Waals surface area (Å²) in [6.07, 6.45) is 1.74. The molecule has 6 heteroatoms. The van der Waals surface area contributed by atoms with E-state index >= 15 is 0 Å². The van der Waals surface area contributed by atoms with Gasteiger partial charge in [0.25, 0.3) is 0 Å². The van der Waals surface area contributed by atoms with Gasteiger partial charge in [0, 0.05) is 38.9 Å². The van der Waals surface area contributed by atoms with E-state index in [9.17, 15) is 10.2 Å². The van der Waals surface area contributed by atoms with Crippen molar-refractivity contribution in [3.63, 3.8) is 0 Å². The summed E-state index contributed by atoms with van der Waals surface area (Å²) in [4.78, 5) is 2.33. The van der Waals surface area contributed by atoms with Gasteiger partial charge in [-0.1, -0.05) is 24.3 Å². The lowest BCUT2D eigenvalue weighted by Gasteiger charge is -2.37. The van der Waals surface area contributed by atoms with Crippen molar-refractivity contribution < 1.29 is 19.7 Å². The number of benzene rings is 1. The van der Waals surface area contributed by atoms with E-state index in [1.54, 1.807) is 0 Å². The lowest BCUT2D eigenvalue weighted by atomic mass is 9.95. The molecule has 3 aliphatic rings. The van der Waals surface area contributed by atoms with Crippen LogP contribution in [-0.4, -0.2) is 78.4 Å². The van der Waals surface area contributed by atoms with Gasteiger partial charge in [-0.25, -0.2) is 0 Å². The van der Waals surface area contributed by atoms with Crippen molar-refractivity contribution in [3.05, 3.63) is 35.4 Å². The molecule has 0 aliphatic carbocycles. The van der Waals surface area contributed by atoms with Crippen LogP contribution in [0.25, 0.3) is 0 Å². The quantitative estimate of drug-likeness (QED) is 0.700. The average Bonchev–Trinajstić information content (AvgIpc) is 3.02. The molecule has 0 aromatic heterocycles. The van der Waals surface area contributed by atoms with Gasteiger partial charge >= 0.3 is 0 Å². The van der Waals surface area contributed by atoms with Gasteiger partial charge < -0.3 is 25.0 Å². The summed E-state index contributed by atoms with van der Waals surface area (Å²) in [6, 6.07) is 8.88. The normalized spacial score (nSPS) is 33.3. The molecule has 1 aromatic carbocycles. The van der Waals surface area contributed by atoms with Crippen molar-refractivity contribution in [1.29, 1.82) is 0 Å². The monoisotopic (exact) mass is 362 g/mol. The summed E-state index contributed by atoms with van der Waals surface area (Å²) in [6.45, 7) is 3.90. The van der Waals surface area contributed by atoms with E-state index in [4.69, 9.17) is 9.47 Å². The zero-order valence-electron chi connectivity index (χ0n) is 15.2. The SMILES string of the molecule is OC[C@@H]1O[C@H](CNC2CCOCC2)[C@H](N2CCc3ccccc3C2)[C@@H]1O. The molecular weight excluding hydrogens is 332 g/mol. The second-order valence-electron chi connectivity index (χ2n) is 7.66. The zero-order valence-corrected chi connectivity index (χ0v) is 15.2.